The Balaban J connectivity index is 2.22. The zero-order valence-corrected chi connectivity index (χ0v) is 8.80. The summed E-state index contributed by atoms with van der Waals surface area (Å²) >= 11 is 1.58. The molecule has 0 unspecified atom stereocenters. The molecule has 0 fully saturated rings. The normalized spacial score (nSPS) is 10.6. The first kappa shape index (κ1) is 9.34. The molecule has 3 heteroatoms. The van der Waals surface area contributed by atoms with Gasteiger partial charge in [0.2, 0.25) is 0 Å². The van der Waals surface area contributed by atoms with Crippen LogP contribution in [-0.4, -0.2) is 10.7 Å². The molecule has 0 radical (unpaired) electrons. The molecule has 0 aliphatic carbocycles. The number of oxazole rings is 1. The van der Waals surface area contributed by atoms with Gasteiger partial charge in [-0.1, -0.05) is 36.0 Å². The SMILES string of the molecule is C=C(C)CSc1nc2ccccc2o1. The molecule has 0 saturated heterocycles. The van der Waals surface area contributed by atoms with Crippen molar-refractivity contribution in [3.8, 4) is 0 Å². The number of benzene rings is 1. The fourth-order valence-corrected chi connectivity index (χ4v) is 1.78. The Hall–Kier alpha value is -1.22. The third-order valence-electron chi connectivity index (χ3n) is 1.72. The Morgan fingerprint density at radius 2 is 2.29 bits per heavy atom. The van der Waals surface area contributed by atoms with Crippen molar-refractivity contribution in [2.24, 2.45) is 0 Å². The maximum atomic E-state index is 5.53. The van der Waals surface area contributed by atoms with Crippen LogP contribution in [0.15, 0.2) is 46.1 Å². The average Bonchev–Trinajstić information content (AvgIpc) is 2.57. The number of hydrogen-bond donors (Lipinski definition) is 0. The molecule has 0 N–H and O–H groups in total. The standard InChI is InChI=1S/C11H11NOS/c1-8(2)7-14-11-12-9-5-3-4-6-10(9)13-11/h3-6H,1,7H2,2H3. The fraction of sp³-hybridized carbons (Fsp3) is 0.182. The summed E-state index contributed by atoms with van der Waals surface area (Å²) in [5.41, 5.74) is 2.88. The highest BCUT2D eigenvalue weighted by Crippen LogP contribution is 2.23. The molecule has 0 spiro atoms. The maximum absolute atomic E-state index is 5.53. The van der Waals surface area contributed by atoms with Crippen molar-refractivity contribution in [3.63, 3.8) is 0 Å². The largest absolute Gasteiger partial charge is 0.431 e. The van der Waals surface area contributed by atoms with Crippen LogP contribution in [0.25, 0.3) is 11.1 Å². The van der Waals surface area contributed by atoms with Gasteiger partial charge in [0.25, 0.3) is 5.22 Å². The summed E-state index contributed by atoms with van der Waals surface area (Å²) in [5, 5.41) is 0.717. The van der Waals surface area contributed by atoms with Gasteiger partial charge in [0.1, 0.15) is 5.52 Å². The molecule has 0 amide bonds. The molecule has 1 aromatic heterocycles. The van der Waals surface area contributed by atoms with E-state index in [4.69, 9.17) is 4.42 Å². The predicted molar refractivity (Wildman–Crippen MR) is 59.5 cm³/mol. The number of aromatic nitrogens is 1. The summed E-state index contributed by atoms with van der Waals surface area (Å²) < 4.78 is 5.53. The molecule has 1 heterocycles. The molecule has 14 heavy (non-hydrogen) atoms. The van der Waals surface area contributed by atoms with E-state index in [1.54, 1.807) is 11.8 Å². The van der Waals surface area contributed by atoms with Gasteiger partial charge in [-0.3, -0.25) is 0 Å². The Labute approximate surface area is 87.0 Å². The van der Waals surface area contributed by atoms with Gasteiger partial charge in [0.05, 0.1) is 0 Å². The Morgan fingerprint density at radius 3 is 3.00 bits per heavy atom. The molecule has 0 atom stereocenters. The Bertz CT molecular complexity index is 428. The van der Waals surface area contributed by atoms with Crippen LogP contribution >= 0.6 is 11.8 Å². The minimum Gasteiger partial charge on any atom is -0.431 e. The van der Waals surface area contributed by atoms with E-state index in [2.05, 4.69) is 11.6 Å². The molecule has 0 saturated carbocycles. The molecule has 0 bridgehead atoms. The second-order valence-electron chi connectivity index (χ2n) is 3.19. The third-order valence-corrected chi connectivity index (χ3v) is 2.78. The summed E-state index contributed by atoms with van der Waals surface area (Å²) in [6.45, 7) is 5.83. The highest BCUT2D eigenvalue weighted by Gasteiger charge is 2.04. The van der Waals surface area contributed by atoms with Crippen molar-refractivity contribution in [3.05, 3.63) is 36.4 Å². The monoisotopic (exact) mass is 205 g/mol. The first-order valence-corrected chi connectivity index (χ1v) is 5.37. The van der Waals surface area contributed by atoms with Crippen LogP contribution < -0.4 is 0 Å². The van der Waals surface area contributed by atoms with Crippen molar-refractivity contribution in [1.29, 1.82) is 0 Å². The number of fused-ring (bicyclic) bond motifs is 1. The second-order valence-corrected chi connectivity index (χ2v) is 4.12. The molecular formula is C11H11NOS. The summed E-state index contributed by atoms with van der Waals surface area (Å²) in [5.74, 6) is 0.854. The van der Waals surface area contributed by atoms with Gasteiger partial charge in [0, 0.05) is 5.75 Å². The number of hydrogen-bond acceptors (Lipinski definition) is 3. The summed E-state index contributed by atoms with van der Waals surface area (Å²) in [4.78, 5) is 4.34. The molecule has 1 aromatic carbocycles. The Kier molecular flexibility index (Phi) is 2.59. The van der Waals surface area contributed by atoms with Crippen LogP contribution in [0.5, 0.6) is 0 Å². The highest BCUT2D eigenvalue weighted by molar-refractivity contribution is 7.99. The summed E-state index contributed by atoms with van der Waals surface area (Å²) in [7, 11) is 0. The van der Waals surface area contributed by atoms with Gasteiger partial charge < -0.3 is 4.42 Å². The van der Waals surface area contributed by atoms with Gasteiger partial charge >= 0.3 is 0 Å². The van der Waals surface area contributed by atoms with Gasteiger partial charge in [-0.2, -0.15) is 0 Å². The van der Waals surface area contributed by atoms with E-state index in [-0.39, 0.29) is 0 Å². The lowest BCUT2D eigenvalue weighted by molar-refractivity contribution is 0.490. The van der Waals surface area contributed by atoms with Crippen molar-refractivity contribution in [1.82, 2.24) is 4.98 Å². The Morgan fingerprint density at radius 1 is 1.50 bits per heavy atom. The molecular weight excluding hydrogens is 194 g/mol. The van der Waals surface area contributed by atoms with Gasteiger partial charge in [-0.25, -0.2) is 4.98 Å². The van der Waals surface area contributed by atoms with Crippen molar-refractivity contribution in [2.75, 3.05) is 5.75 Å². The van der Waals surface area contributed by atoms with Crippen LogP contribution in [0.3, 0.4) is 0 Å². The third kappa shape index (κ3) is 1.99. The number of rotatable bonds is 3. The van der Waals surface area contributed by atoms with E-state index in [1.165, 1.54) is 0 Å². The predicted octanol–water partition coefficient (Wildman–Crippen LogP) is 3.50. The maximum Gasteiger partial charge on any atom is 0.257 e. The van der Waals surface area contributed by atoms with Gasteiger partial charge in [0.15, 0.2) is 5.58 Å². The molecule has 2 aromatic rings. The first-order chi connectivity index (χ1) is 6.75. The highest BCUT2D eigenvalue weighted by atomic mass is 32.2. The van der Waals surface area contributed by atoms with E-state index in [9.17, 15) is 0 Å². The van der Waals surface area contributed by atoms with E-state index in [0.29, 0.717) is 5.22 Å². The second kappa shape index (κ2) is 3.88. The lowest BCUT2D eigenvalue weighted by Gasteiger charge is -1.92. The van der Waals surface area contributed by atoms with E-state index < -0.39 is 0 Å². The van der Waals surface area contributed by atoms with Gasteiger partial charge in [-0.05, 0) is 19.1 Å². The van der Waals surface area contributed by atoms with Crippen LogP contribution in [0.1, 0.15) is 6.92 Å². The minimum atomic E-state index is 0.717. The summed E-state index contributed by atoms with van der Waals surface area (Å²) in [6, 6.07) is 7.77. The molecule has 72 valence electrons. The van der Waals surface area contributed by atoms with E-state index in [1.807, 2.05) is 31.2 Å². The zero-order valence-electron chi connectivity index (χ0n) is 7.99. The van der Waals surface area contributed by atoms with E-state index in [0.717, 1.165) is 22.4 Å². The van der Waals surface area contributed by atoms with E-state index >= 15 is 0 Å². The molecule has 2 nitrogen and oxygen atoms in total. The van der Waals surface area contributed by atoms with Crippen LogP contribution in [0, 0.1) is 0 Å². The number of nitrogens with zero attached hydrogens (tertiary/aromatic N) is 1. The number of para-hydroxylation sites is 2. The topological polar surface area (TPSA) is 26.0 Å². The first-order valence-electron chi connectivity index (χ1n) is 4.38. The molecule has 0 aliphatic heterocycles. The molecule has 0 aliphatic rings. The van der Waals surface area contributed by atoms with Crippen LogP contribution in [0.4, 0.5) is 0 Å². The fourth-order valence-electron chi connectivity index (χ4n) is 1.10. The number of thioether (sulfide) groups is 1. The van der Waals surface area contributed by atoms with Gasteiger partial charge in [-0.15, -0.1) is 0 Å². The van der Waals surface area contributed by atoms with Crippen molar-refractivity contribution < 1.29 is 4.42 Å². The smallest absolute Gasteiger partial charge is 0.257 e. The van der Waals surface area contributed by atoms with Crippen molar-refractivity contribution >= 4 is 22.9 Å². The minimum absolute atomic E-state index is 0.717. The lowest BCUT2D eigenvalue weighted by atomic mass is 10.3. The lowest BCUT2D eigenvalue weighted by Crippen LogP contribution is -1.78. The molecule has 2 rings (SSSR count). The summed E-state index contributed by atoms with van der Waals surface area (Å²) in [6.07, 6.45) is 0. The van der Waals surface area contributed by atoms with Crippen LogP contribution in [0.2, 0.25) is 0 Å². The zero-order chi connectivity index (χ0) is 9.97. The van der Waals surface area contributed by atoms with Crippen LogP contribution in [-0.2, 0) is 0 Å². The average molecular weight is 205 g/mol. The quantitative estimate of drug-likeness (QED) is 0.566. The van der Waals surface area contributed by atoms with Crippen molar-refractivity contribution in [2.45, 2.75) is 12.1 Å².